The molecule has 0 unspecified atom stereocenters. The average molecular weight is 715 g/mol. The summed E-state index contributed by atoms with van der Waals surface area (Å²) in [6.45, 7) is 0. The van der Waals surface area contributed by atoms with E-state index >= 15 is 0 Å². The molecule has 0 aliphatic carbocycles. The molecule has 0 atom stereocenters. The predicted molar refractivity (Wildman–Crippen MR) is 232 cm³/mol. The van der Waals surface area contributed by atoms with Gasteiger partial charge in [0, 0.05) is 49.6 Å². The zero-order valence-corrected chi connectivity index (χ0v) is 30.4. The zero-order chi connectivity index (χ0) is 37.0. The summed E-state index contributed by atoms with van der Waals surface area (Å²) in [6.07, 6.45) is 0. The molecule has 0 aliphatic heterocycles. The van der Waals surface area contributed by atoms with E-state index in [4.69, 9.17) is 9.97 Å². The molecular weight excluding hydrogens is 681 g/mol. The van der Waals surface area contributed by atoms with Gasteiger partial charge in [-0.15, -0.1) is 0 Å². The van der Waals surface area contributed by atoms with Gasteiger partial charge < -0.3 is 9.13 Å². The molecule has 0 saturated heterocycles. The fourth-order valence-corrected chi connectivity index (χ4v) is 8.29. The molecule has 8 aromatic carbocycles. The first-order valence-corrected chi connectivity index (χ1v) is 19.0. The Balaban J connectivity index is 1.09. The molecule has 11 rings (SSSR count). The van der Waals surface area contributed by atoms with Crippen molar-refractivity contribution in [1.82, 2.24) is 19.1 Å². The third-order valence-corrected chi connectivity index (χ3v) is 10.9. The number of hydrogen-bond donors (Lipinski definition) is 0. The highest BCUT2D eigenvalue weighted by atomic mass is 15.0. The van der Waals surface area contributed by atoms with Gasteiger partial charge in [-0.05, 0) is 83.9 Å². The van der Waals surface area contributed by atoms with E-state index in [1.165, 1.54) is 43.7 Å². The second-order valence-corrected chi connectivity index (χ2v) is 14.2. The second-order valence-electron chi connectivity index (χ2n) is 14.2. The molecule has 0 amide bonds. The van der Waals surface area contributed by atoms with Crippen molar-refractivity contribution in [1.29, 1.82) is 0 Å². The SMILES string of the molecule is c1ccc(-c2ccc3c(c2)c2cc(-n4c5ccccc5c5ccccc54)ccc2n3-c2ccc(-c3nc(-c4ccccc4)cc(-c4ccccc4)n3)cc2)cc1. The van der Waals surface area contributed by atoms with E-state index in [2.05, 4.69) is 203 Å². The summed E-state index contributed by atoms with van der Waals surface area (Å²) in [4.78, 5) is 10.2. The van der Waals surface area contributed by atoms with E-state index < -0.39 is 0 Å². The molecule has 0 saturated carbocycles. The van der Waals surface area contributed by atoms with Crippen molar-refractivity contribution in [3.63, 3.8) is 0 Å². The van der Waals surface area contributed by atoms with Gasteiger partial charge in [-0.2, -0.15) is 0 Å². The Bertz CT molecular complexity index is 3100. The first-order valence-electron chi connectivity index (χ1n) is 19.0. The average Bonchev–Trinajstić information content (AvgIpc) is 3.79. The number of para-hydroxylation sites is 2. The van der Waals surface area contributed by atoms with Crippen LogP contribution in [0.2, 0.25) is 0 Å². The Labute approximate surface area is 324 Å². The van der Waals surface area contributed by atoms with Crippen LogP contribution in [0.1, 0.15) is 0 Å². The Morgan fingerprint density at radius 2 is 0.696 bits per heavy atom. The van der Waals surface area contributed by atoms with Crippen LogP contribution in [-0.2, 0) is 0 Å². The molecule has 0 spiro atoms. The summed E-state index contributed by atoms with van der Waals surface area (Å²) in [5.41, 5.74) is 14.2. The van der Waals surface area contributed by atoms with E-state index in [-0.39, 0.29) is 0 Å². The monoisotopic (exact) mass is 714 g/mol. The standard InChI is InChI=1S/C52H34N4/c1-4-14-35(15-5-1)39-26-30-50-44(32-39)45-33-41(56-48-22-12-10-20-42(48)43-21-11-13-23-49(43)56)29-31-51(45)55(50)40-27-24-38(25-28-40)52-53-46(36-16-6-2-7-17-36)34-47(54-52)37-18-8-3-9-19-37/h1-34H. The van der Waals surface area contributed by atoms with Crippen LogP contribution in [0.5, 0.6) is 0 Å². The van der Waals surface area contributed by atoms with Crippen LogP contribution in [-0.4, -0.2) is 19.1 Å². The van der Waals surface area contributed by atoms with Gasteiger partial charge in [0.25, 0.3) is 0 Å². The van der Waals surface area contributed by atoms with Gasteiger partial charge in [0.05, 0.1) is 33.5 Å². The number of benzene rings is 8. The van der Waals surface area contributed by atoms with Gasteiger partial charge in [0.2, 0.25) is 0 Å². The molecule has 3 heterocycles. The lowest BCUT2D eigenvalue weighted by atomic mass is 10.0. The normalized spacial score (nSPS) is 11.6. The highest BCUT2D eigenvalue weighted by molar-refractivity contribution is 6.13. The molecule has 11 aromatic rings. The summed E-state index contributed by atoms with van der Waals surface area (Å²) in [7, 11) is 0. The number of hydrogen-bond acceptors (Lipinski definition) is 2. The minimum absolute atomic E-state index is 0.697. The number of aromatic nitrogens is 4. The third kappa shape index (κ3) is 5.31. The highest BCUT2D eigenvalue weighted by Crippen LogP contribution is 2.39. The Kier molecular flexibility index (Phi) is 7.46. The van der Waals surface area contributed by atoms with Crippen LogP contribution >= 0.6 is 0 Å². The Morgan fingerprint density at radius 3 is 1.29 bits per heavy atom. The molecule has 0 N–H and O–H groups in total. The number of rotatable bonds is 6. The number of nitrogens with zero attached hydrogens (tertiary/aromatic N) is 4. The van der Waals surface area contributed by atoms with E-state index in [9.17, 15) is 0 Å². The maximum absolute atomic E-state index is 5.09. The first kappa shape index (κ1) is 31.9. The molecule has 0 bridgehead atoms. The lowest BCUT2D eigenvalue weighted by Gasteiger charge is -2.12. The summed E-state index contributed by atoms with van der Waals surface area (Å²) in [5, 5.41) is 4.92. The van der Waals surface area contributed by atoms with Gasteiger partial charge in [-0.3, -0.25) is 0 Å². The third-order valence-electron chi connectivity index (χ3n) is 10.9. The highest BCUT2D eigenvalue weighted by Gasteiger charge is 2.18. The van der Waals surface area contributed by atoms with Gasteiger partial charge >= 0.3 is 0 Å². The molecule has 4 nitrogen and oxygen atoms in total. The predicted octanol–water partition coefficient (Wildman–Crippen LogP) is 13.3. The summed E-state index contributed by atoms with van der Waals surface area (Å²) in [5.74, 6) is 0.697. The molecule has 0 aliphatic rings. The van der Waals surface area contributed by atoms with Crippen molar-refractivity contribution in [3.8, 4) is 56.4 Å². The van der Waals surface area contributed by atoms with Crippen LogP contribution in [0, 0.1) is 0 Å². The first-order chi connectivity index (χ1) is 27.8. The van der Waals surface area contributed by atoms with E-state index in [1.54, 1.807) is 0 Å². The molecule has 262 valence electrons. The molecule has 0 radical (unpaired) electrons. The molecule has 4 heteroatoms. The molecular formula is C52H34N4. The fraction of sp³-hybridized carbons (Fsp3) is 0. The molecule has 56 heavy (non-hydrogen) atoms. The van der Waals surface area contributed by atoms with E-state index in [0.717, 1.165) is 50.5 Å². The fourth-order valence-electron chi connectivity index (χ4n) is 8.29. The van der Waals surface area contributed by atoms with Crippen molar-refractivity contribution in [3.05, 3.63) is 206 Å². The molecule has 3 aromatic heterocycles. The second kappa shape index (κ2) is 13.1. The van der Waals surface area contributed by atoms with Gasteiger partial charge in [0.1, 0.15) is 0 Å². The van der Waals surface area contributed by atoms with E-state index in [1.807, 2.05) is 12.1 Å². The quantitative estimate of drug-likeness (QED) is 0.172. The number of fused-ring (bicyclic) bond motifs is 6. The maximum Gasteiger partial charge on any atom is 0.160 e. The van der Waals surface area contributed by atoms with Crippen molar-refractivity contribution in [2.45, 2.75) is 0 Å². The topological polar surface area (TPSA) is 35.6 Å². The van der Waals surface area contributed by atoms with Crippen molar-refractivity contribution < 1.29 is 0 Å². The van der Waals surface area contributed by atoms with Crippen LogP contribution in [0.25, 0.3) is 100 Å². The van der Waals surface area contributed by atoms with Crippen molar-refractivity contribution >= 4 is 43.6 Å². The summed E-state index contributed by atoms with van der Waals surface area (Å²) >= 11 is 0. The zero-order valence-electron chi connectivity index (χ0n) is 30.4. The Morgan fingerprint density at radius 1 is 0.268 bits per heavy atom. The van der Waals surface area contributed by atoms with Crippen molar-refractivity contribution in [2.24, 2.45) is 0 Å². The smallest absolute Gasteiger partial charge is 0.160 e. The lowest BCUT2D eigenvalue weighted by molar-refractivity contribution is 1.16. The van der Waals surface area contributed by atoms with Crippen molar-refractivity contribution in [2.75, 3.05) is 0 Å². The van der Waals surface area contributed by atoms with Gasteiger partial charge in [0.15, 0.2) is 5.82 Å². The van der Waals surface area contributed by atoms with Crippen LogP contribution < -0.4 is 0 Å². The van der Waals surface area contributed by atoms with Gasteiger partial charge in [-0.25, -0.2) is 9.97 Å². The van der Waals surface area contributed by atoms with Gasteiger partial charge in [-0.1, -0.05) is 133 Å². The summed E-state index contributed by atoms with van der Waals surface area (Å²) in [6, 6.07) is 73.2. The van der Waals surface area contributed by atoms with Crippen LogP contribution in [0.15, 0.2) is 206 Å². The van der Waals surface area contributed by atoms with Crippen LogP contribution in [0.4, 0.5) is 0 Å². The molecule has 0 fully saturated rings. The van der Waals surface area contributed by atoms with Crippen LogP contribution in [0.3, 0.4) is 0 Å². The minimum atomic E-state index is 0.697. The minimum Gasteiger partial charge on any atom is -0.309 e. The lowest BCUT2D eigenvalue weighted by Crippen LogP contribution is -1.98. The largest absolute Gasteiger partial charge is 0.309 e. The summed E-state index contributed by atoms with van der Waals surface area (Å²) < 4.78 is 4.78. The Hall–Kier alpha value is -7.56. The maximum atomic E-state index is 5.09. The van der Waals surface area contributed by atoms with E-state index in [0.29, 0.717) is 5.82 Å².